The summed E-state index contributed by atoms with van der Waals surface area (Å²) in [6.45, 7) is 2.69. The fourth-order valence-electron chi connectivity index (χ4n) is 2.54. The third-order valence-corrected chi connectivity index (χ3v) is 3.68. The topological polar surface area (TPSA) is 83.6 Å². The van der Waals surface area contributed by atoms with Gasteiger partial charge in [-0.25, -0.2) is 0 Å². The first-order chi connectivity index (χ1) is 8.47. The lowest BCUT2D eigenvalue weighted by Gasteiger charge is -2.34. The number of amides is 1. The minimum absolute atomic E-state index is 0.00283. The predicted molar refractivity (Wildman–Crippen MR) is 69.1 cm³/mol. The molecule has 0 radical (unpaired) electrons. The summed E-state index contributed by atoms with van der Waals surface area (Å²) in [7, 11) is 0. The van der Waals surface area contributed by atoms with Crippen molar-refractivity contribution in [3.05, 3.63) is 0 Å². The lowest BCUT2D eigenvalue weighted by Crippen LogP contribution is -2.47. The van der Waals surface area contributed by atoms with E-state index in [1.54, 1.807) is 4.90 Å². The molecule has 0 aromatic carbocycles. The van der Waals surface area contributed by atoms with Gasteiger partial charge in [-0.3, -0.25) is 9.59 Å². The maximum atomic E-state index is 12.1. The van der Waals surface area contributed by atoms with Crippen molar-refractivity contribution in [2.75, 3.05) is 13.1 Å². The summed E-state index contributed by atoms with van der Waals surface area (Å²) in [5.74, 6) is -0.885. The van der Waals surface area contributed by atoms with Crippen molar-refractivity contribution in [3.63, 3.8) is 0 Å². The largest absolute Gasteiger partial charge is 0.481 e. The van der Waals surface area contributed by atoms with Crippen LogP contribution in [-0.2, 0) is 9.59 Å². The van der Waals surface area contributed by atoms with Gasteiger partial charge in [0.15, 0.2) is 0 Å². The third kappa shape index (κ3) is 4.64. The van der Waals surface area contributed by atoms with Crippen molar-refractivity contribution in [2.45, 2.75) is 57.4 Å². The van der Waals surface area contributed by atoms with Gasteiger partial charge >= 0.3 is 5.97 Å². The minimum Gasteiger partial charge on any atom is -0.481 e. The molecule has 0 aromatic heterocycles. The van der Waals surface area contributed by atoms with Crippen LogP contribution >= 0.6 is 0 Å². The number of carboxylic acid groups (broad SMARTS) is 1. The van der Waals surface area contributed by atoms with Gasteiger partial charge in [-0.15, -0.1) is 0 Å². The molecule has 5 nitrogen and oxygen atoms in total. The average Bonchev–Trinajstić information content (AvgIpc) is 2.29. The van der Waals surface area contributed by atoms with Gasteiger partial charge in [-0.1, -0.05) is 19.3 Å². The van der Waals surface area contributed by atoms with E-state index in [0.29, 0.717) is 13.0 Å². The van der Waals surface area contributed by atoms with Gasteiger partial charge in [-0.05, 0) is 19.8 Å². The van der Waals surface area contributed by atoms with Crippen LogP contribution in [0.3, 0.4) is 0 Å². The molecule has 104 valence electrons. The van der Waals surface area contributed by atoms with E-state index in [-0.39, 0.29) is 24.4 Å². The van der Waals surface area contributed by atoms with Crippen molar-refractivity contribution < 1.29 is 14.7 Å². The number of aliphatic carboxylic acids is 1. The number of hydrogen-bond acceptors (Lipinski definition) is 3. The first-order valence-corrected chi connectivity index (χ1v) is 6.75. The predicted octanol–water partition coefficient (Wildman–Crippen LogP) is 1.36. The molecule has 0 bridgehead atoms. The zero-order valence-electron chi connectivity index (χ0n) is 11.2. The highest BCUT2D eigenvalue weighted by Crippen LogP contribution is 2.29. The lowest BCUT2D eigenvalue weighted by molar-refractivity contribution is -0.138. The standard InChI is InChI=1S/C13H24N2O3/c1-2-15(9-6-12(17)18)11(16)10-13(14)7-4-3-5-8-13/h2-10,14H2,1H3,(H,17,18). The van der Waals surface area contributed by atoms with Crippen LogP contribution in [0.4, 0.5) is 0 Å². The van der Waals surface area contributed by atoms with Gasteiger partial charge in [-0.2, -0.15) is 0 Å². The summed E-state index contributed by atoms with van der Waals surface area (Å²) in [6.07, 6.45) is 5.52. The zero-order chi connectivity index (χ0) is 13.6. The van der Waals surface area contributed by atoms with Gasteiger partial charge in [0.25, 0.3) is 0 Å². The molecular formula is C13H24N2O3. The molecule has 0 aromatic rings. The van der Waals surface area contributed by atoms with E-state index in [4.69, 9.17) is 10.8 Å². The van der Waals surface area contributed by atoms with Gasteiger partial charge in [0, 0.05) is 25.0 Å². The van der Waals surface area contributed by atoms with Crippen LogP contribution in [0.25, 0.3) is 0 Å². The van der Waals surface area contributed by atoms with E-state index in [2.05, 4.69) is 0 Å². The summed E-state index contributed by atoms with van der Waals surface area (Å²) in [6, 6.07) is 0. The highest BCUT2D eigenvalue weighted by Gasteiger charge is 2.31. The van der Waals surface area contributed by atoms with Crippen LogP contribution in [0.2, 0.25) is 0 Å². The maximum absolute atomic E-state index is 12.1. The molecule has 18 heavy (non-hydrogen) atoms. The quantitative estimate of drug-likeness (QED) is 0.751. The third-order valence-electron chi connectivity index (χ3n) is 3.68. The van der Waals surface area contributed by atoms with E-state index >= 15 is 0 Å². The molecule has 1 aliphatic rings. The lowest BCUT2D eigenvalue weighted by atomic mass is 9.80. The molecule has 0 spiro atoms. The highest BCUT2D eigenvalue weighted by atomic mass is 16.4. The molecule has 1 rings (SSSR count). The smallest absolute Gasteiger partial charge is 0.305 e. The minimum atomic E-state index is -0.874. The second kappa shape index (κ2) is 6.73. The molecule has 0 atom stereocenters. The Balaban J connectivity index is 2.47. The van der Waals surface area contributed by atoms with Crippen molar-refractivity contribution >= 4 is 11.9 Å². The van der Waals surface area contributed by atoms with Gasteiger partial charge in [0.05, 0.1) is 6.42 Å². The van der Waals surface area contributed by atoms with Crippen molar-refractivity contribution in [1.82, 2.24) is 4.90 Å². The van der Waals surface area contributed by atoms with Gasteiger partial charge < -0.3 is 15.7 Å². The molecule has 1 aliphatic carbocycles. The van der Waals surface area contributed by atoms with Crippen molar-refractivity contribution in [3.8, 4) is 0 Å². The number of carbonyl (C=O) groups is 2. The van der Waals surface area contributed by atoms with Crippen LogP contribution in [0.1, 0.15) is 51.9 Å². The van der Waals surface area contributed by atoms with Crippen LogP contribution in [-0.4, -0.2) is 40.5 Å². The summed E-state index contributed by atoms with van der Waals surface area (Å²) >= 11 is 0. The Morgan fingerprint density at radius 1 is 1.28 bits per heavy atom. The highest BCUT2D eigenvalue weighted by molar-refractivity contribution is 5.78. The number of rotatable bonds is 6. The molecule has 0 aliphatic heterocycles. The Labute approximate surface area is 108 Å². The number of carboxylic acids is 1. The van der Waals surface area contributed by atoms with Gasteiger partial charge in [0.1, 0.15) is 0 Å². The second-order valence-electron chi connectivity index (χ2n) is 5.22. The monoisotopic (exact) mass is 256 g/mol. The average molecular weight is 256 g/mol. The molecule has 3 N–H and O–H groups in total. The number of carbonyl (C=O) groups excluding carboxylic acids is 1. The summed E-state index contributed by atoms with van der Waals surface area (Å²) in [4.78, 5) is 24.2. The first kappa shape index (κ1) is 15.0. The second-order valence-corrected chi connectivity index (χ2v) is 5.22. The Morgan fingerprint density at radius 2 is 1.89 bits per heavy atom. The van der Waals surface area contributed by atoms with Crippen LogP contribution in [0.15, 0.2) is 0 Å². The molecule has 0 saturated heterocycles. The molecule has 0 heterocycles. The molecule has 1 amide bonds. The van der Waals surface area contributed by atoms with Crippen LogP contribution in [0.5, 0.6) is 0 Å². The number of nitrogens with zero attached hydrogens (tertiary/aromatic N) is 1. The molecule has 5 heteroatoms. The number of nitrogens with two attached hydrogens (primary N) is 1. The molecule has 0 unspecified atom stereocenters. The Morgan fingerprint density at radius 3 is 2.39 bits per heavy atom. The van der Waals surface area contributed by atoms with E-state index in [1.807, 2.05) is 6.92 Å². The SMILES string of the molecule is CCN(CCC(=O)O)C(=O)CC1(N)CCCCC1. The summed E-state index contributed by atoms with van der Waals surface area (Å²) in [5, 5.41) is 8.65. The maximum Gasteiger partial charge on any atom is 0.305 e. The van der Waals surface area contributed by atoms with E-state index in [1.165, 1.54) is 6.42 Å². The molecule has 1 fully saturated rings. The van der Waals surface area contributed by atoms with Crippen molar-refractivity contribution in [2.24, 2.45) is 5.73 Å². The van der Waals surface area contributed by atoms with E-state index in [9.17, 15) is 9.59 Å². The fourth-order valence-corrected chi connectivity index (χ4v) is 2.54. The molecule has 1 saturated carbocycles. The Kier molecular flexibility index (Phi) is 5.59. The Hall–Kier alpha value is -1.10. The van der Waals surface area contributed by atoms with E-state index < -0.39 is 5.97 Å². The zero-order valence-corrected chi connectivity index (χ0v) is 11.2. The first-order valence-electron chi connectivity index (χ1n) is 6.75. The molecular weight excluding hydrogens is 232 g/mol. The van der Waals surface area contributed by atoms with Crippen LogP contribution < -0.4 is 5.73 Å². The van der Waals surface area contributed by atoms with Crippen molar-refractivity contribution in [1.29, 1.82) is 0 Å². The summed E-state index contributed by atoms with van der Waals surface area (Å²) < 4.78 is 0. The van der Waals surface area contributed by atoms with Gasteiger partial charge in [0.2, 0.25) is 5.91 Å². The summed E-state index contributed by atoms with van der Waals surface area (Å²) in [5.41, 5.74) is 5.88. The van der Waals surface area contributed by atoms with E-state index in [0.717, 1.165) is 25.7 Å². The normalized spacial score (nSPS) is 18.3. The Bertz CT molecular complexity index is 299. The number of hydrogen-bond donors (Lipinski definition) is 2. The fraction of sp³-hybridized carbons (Fsp3) is 0.846. The van der Waals surface area contributed by atoms with Crippen LogP contribution in [0, 0.1) is 0 Å².